The van der Waals surface area contributed by atoms with E-state index in [0.29, 0.717) is 23.9 Å². The zero-order chi connectivity index (χ0) is 13.7. The van der Waals surface area contributed by atoms with Crippen LogP contribution in [0.5, 0.6) is 5.75 Å². The van der Waals surface area contributed by atoms with Crippen LogP contribution < -0.4 is 10.1 Å². The van der Waals surface area contributed by atoms with Gasteiger partial charge < -0.3 is 15.2 Å². The SMILES string of the molecule is COc1ccc(C(=O)NCC2CCCC2CO)cc1. The molecular weight excluding hydrogens is 242 g/mol. The van der Waals surface area contributed by atoms with Crippen molar-refractivity contribution in [2.45, 2.75) is 19.3 Å². The number of aliphatic hydroxyl groups excluding tert-OH is 1. The number of amides is 1. The van der Waals surface area contributed by atoms with Crippen LogP contribution in [0.3, 0.4) is 0 Å². The summed E-state index contributed by atoms with van der Waals surface area (Å²) in [6, 6.07) is 7.07. The van der Waals surface area contributed by atoms with E-state index in [1.807, 2.05) is 0 Å². The Labute approximate surface area is 113 Å². The smallest absolute Gasteiger partial charge is 0.251 e. The van der Waals surface area contributed by atoms with Gasteiger partial charge in [0, 0.05) is 18.7 Å². The zero-order valence-electron chi connectivity index (χ0n) is 11.3. The first-order valence-electron chi connectivity index (χ1n) is 6.77. The minimum Gasteiger partial charge on any atom is -0.497 e. The predicted octanol–water partition coefficient (Wildman–Crippen LogP) is 1.83. The van der Waals surface area contributed by atoms with E-state index in [9.17, 15) is 9.90 Å². The summed E-state index contributed by atoms with van der Waals surface area (Å²) < 4.78 is 5.06. The summed E-state index contributed by atoms with van der Waals surface area (Å²) in [7, 11) is 1.60. The van der Waals surface area contributed by atoms with Crippen LogP contribution >= 0.6 is 0 Å². The highest BCUT2D eigenvalue weighted by molar-refractivity contribution is 5.94. The number of carbonyl (C=O) groups is 1. The molecule has 2 rings (SSSR count). The third-order valence-electron chi connectivity index (χ3n) is 3.93. The number of ether oxygens (including phenoxy) is 1. The fourth-order valence-corrected chi connectivity index (χ4v) is 2.69. The Morgan fingerprint density at radius 2 is 2.00 bits per heavy atom. The van der Waals surface area contributed by atoms with Gasteiger partial charge in [-0.3, -0.25) is 4.79 Å². The van der Waals surface area contributed by atoms with Crippen molar-refractivity contribution in [3.8, 4) is 5.75 Å². The van der Waals surface area contributed by atoms with E-state index in [1.165, 1.54) is 0 Å². The molecule has 2 unspecified atom stereocenters. The van der Waals surface area contributed by atoms with E-state index in [4.69, 9.17) is 4.74 Å². The normalized spacial score (nSPS) is 22.2. The van der Waals surface area contributed by atoms with Gasteiger partial charge >= 0.3 is 0 Å². The third-order valence-corrected chi connectivity index (χ3v) is 3.93. The Kier molecular flexibility index (Phi) is 4.80. The molecule has 1 aliphatic carbocycles. The molecule has 1 fully saturated rings. The molecule has 2 N–H and O–H groups in total. The van der Waals surface area contributed by atoms with Crippen LogP contribution in [0.25, 0.3) is 0 Å². The molecule has 1 aromatic carbocycles. The van der Waals surface area contributed by atoms with Crippen LogP contribution in [0, 0.1) is 11.8 Å². The van der Waals surface area contributed by atoms with Crippen molar-refractivity contribution in [3.63, 3.8) is 0 Å². The summed E-state index contributed by atoms with van der Waals surface area (Å²) in [6.45, 7) is 0.874. The minimum atomic E-state index is -0.0637. The van der Waals surface area contributed by atoms with Crippen molar-refractivity contribution in [1.82, 2.24) is 5.32 Å². The van der Waals surface area contributed by atoms with Gasteiger partial charge in [0.25, 0.3) is 5.91 Å². The molecule has 0 heterocycles. The molecule has 4 nitrogen and oxygen atoms in total. The van der Waals surface area contributed by atoms with Gasteiger partial charge in [-0.25, -0.2) is 0 Å². The summed E-state index contributed by atoms with van der Waals surface area (Å²) in [4.78, 5) is 12.0. The highest BCUT2D eigenvalue weighted by Crippen LogP contribution is 2.30. The molecular formula is C15H21NO3. The maximum atomic E-state index is 12.0. The molecule has 4 heteroatoms. The van der Waals surface area contributed by atoms with E-state index in [1.54, 1.807) is 31.4 Å². The first-order chi connectivity index (χ1) is 9.24. The van der Waals surface area contributed by atoms with Crippen molar-refractivity contribution < 1.29 is 14.6 Å². The number of rotatable bonds is 5. The highest BCUT2D eigenvalue weighted by Gasteiger charge is 2.26. The second-order valence-electron chi connectivity index (χ2n) is 5.07. The van der Waals surface area contributed by atoms with E-state index in [0.717, 1.165) is 25.0 Å². The minimum absolute atomic E-state index is 0.0637. The number of carbonyl (C=O) groups excluding carboxylic acids is 1. The van der Waals surface area contributed by atoms with Gasteiger partial charge in [0.05, 0.1) is 7.11 Å². The van der Waals surface area contributed by atoms with Crippen LogP contribution in [0.4, 0.5) is 0 Å². The predicted molar refractivity (Wildman–Crippen MR) is 73.2 cm³/mol. The van der Waals surface area contributed by atoms with Crippen LogP contribution in [0.1, 0.15) is 29.6 Å². The Morgan fingerprint density at radius 3 is 2.63 bits per heavy atom. The molecule has 1 amide bonds. The summed E-state index contributed by atoms with van der Waals surface area (Å²) >= 11 is 0. The van der Waals surface area contributed by atoms with Crippen LogP contribution in [-0.4, -0.2) is 31.3 Å². The lowest BCUT2D eigenvalue weighted by Gasteiger charge is -2.17. The summed E-state index contributed by atoms with van der Waals surface area (Å²) in [6.07, 6.45) is 3.31. The van der Waals surface area contributed by atoms with Gasteiger partial charge in [0.1, 0.15) is 5.75 Å². The van der Waals surface area contributed by atoms with E-state index >= 15 is 0 Å². The van der Waals surface area contributed by atoms with Gasteiger partial charge in [0.2, 0.25) is 0 Å². The number of nitrogens with one attached hydrogen (secondary N) is 1. The third kappa shape index (κ3) is 3.47. The van der Waals surface area contributed by atoms with Gasteiger partial charge in [-0.15, -0.1) is 0 Å². The molecule has 2 atom stereocenters. The van der Waals surface area contributed by atoms with Gasteiger partial charge in [-0.1, -0.05) is 6.42 Å². The van der Waals surface area contributed by atoms with Crippen LogP contribution in [-0.2, 0) is 0 Å². The number of aliphatic hydroxyl groups is 1. The second-order valence-corrected chi connectivity index (χ2v) is 5.07. The molecule has 0 bridgehead atoms. The first kappa shape index (κ1) is 13.9. The largest absolute Gasteiger partial charge is 0.497 e. The van der Waals surface area contributed by atoms with Crippen molar-refractivity contribution in [3.05, 3.63) is 29.8 Å². The maximum absolute atomic E-state index is 12.0. The Hall–Kier alpha value is -1.55. The average Bonchev–Trinajstić information content (AvgIpc) is 2.92. The lowest BCUT2D eigenvalue weighted by molar-refractivity contribution is 0.0937. The van der Waals surface area contributed by atoms with E-state index in [-0.39, 0.29) is 12.5 Å². The second kappa shape index (κ2) is 6.57. The van der Waals surface area contributed by atoms with Crippen molar-refractivity contribution in [2.24, 2.45) is 11.8 Å². The quantitative estimate of drug-likeness (QED) is 0.852. The van der Waals surface area contributed by atoms with Crippen molar-refractivity contribution in [1.29, 1.82) is 0 Å². The summed E-state index contributed by atoms with van der Waals surface area (Å²) in [5, 5.41) is 12.2. The lowest BCUT2D eigenvalue weighted by Crippen LogP contribution is -2.31. The van der Waals surface area contributed by atoms with Gasteiger partial charge in [0.15, 0.2) is 0 Å². The van der Waals surface area contributed by atoms with Gasteiger partial charge in [-0.2, -0.15) is 0 Å². The topological polar surface area (TPSA) is 58.6 Å². The lowest BCUT2D eigenvalue weighted by atomic mass is 9.97. The number of methoxy groups -OCH3 is 1. The molecule has 1 aliphatic rings. The monoisotopic (exact) mass is 263 g/mol. The highest BCUT2D eigenvalue weighted by atomic mass is 16.5. The van der Waals surface area contributed by atoms with Crippen molar-refractivity contribution >= 4 is 5.91 Å². The fourth-order valence-electron chi connectivity index (χ4n) is 2.69. The molecule has 0 saturated heterocycles. The number of benzene rings is 1. The number of hydrogen-bond acceptors (Lipinski definition) is 3. The molecule has 1 aromatic rings. The molecule has 104 valence electrons. The van der Waals surface area contributed by atoms with Crippen molar-refractivity contribution in [2.75, 3.05) is 20.3 Å². The molecule has 19 heavy (non-hydrogen) atoms. The van der Waals surface area contributed by atoms with Crippen LogP contribution in [0.15, 0.2) is 24.3 Å². The van der Waals surface area contributed by atoms with E-state index < -0.39 is 0 Å². The Balaban J connectivity index is 1.86. The molecule has 0 aromatic heterocycles. The molecule has 1 saturated carbocycles. The maximum Gasteiger partial charge on any atom is 0.251 e. The fraction of sp³-hybridized carbons (Fsp3) is 0.533. The van der Waals surface area contributed by atoms with Crippen LogP contribution in [0.2, 0.25) is 0 Å². The van der Waals surface area contributed by atoms with E-state index in [2.05, 4.69) is 5.32 Å². The Morgan fingerprint density at radius 1 is 1.32 bits per heavy atom. The molecule has 0 radical (unpaired) electrons. The number of hydrogen-bond donors (Lipinski definition) is 2. The standard InChI is InChI=1S/C15H21NO3/c1-19-14-7-5-11(6-8-14)15(18)16-9-12-3-2-4-13(12)10-17/h5-8,12-13,17H,2-4,9-10H2,1H3,(H,16,18). The van der Waals surface area contributed by atoms with Gasteiger partial charge in [-0.05, 0) is 48.9 Å². The summed E-state index contributed by atoms with van der Waals surface area (Å²) in [5.41, 5.74) is 0.638. The Bertz CT molecular complexity index is 416. The average molecular weight is 263 g/mol. The summed E-state index contributed by atoms with van der Waals surface area (Å²) in [5.74, 6) is 1.43. The first-order valence-corrected chi connectivity index (χ1v) is 6.77. The zero-order valence-corrected chi connectivity index (χ0v) is 11.3. The molecule has 0 spiro atoms. The molecule has 0 aliphatic heterocycles.